The van der Waals surface area contributed by atoms with Crippen molar-refractivity contribution < 1.29 is 9.90 Å². The normalized spacial score (nSPS) is 10.7. The van der Waals surface area contributed by atoms with Gasteiger partial charge in [0, 0.05) is 18.8 Å². The van der Waals surface area contributed by atoms with Gasteiger partial charge in [0.1, 0.15) is 0 Å². The van der Waals surface area contributed by atoms with Crippen molar-refractivity contribution in [2.45, 2.75) is 33.0 Å². The third-order valence-corrected chi connectivity index (χ3v) is 3.12. The number of carbonyl (C=O) groups is 1. The monoisotopic (exact) mass is 288 g/mol. The van der Waals surface area contributed by atoms with Crippen LogP contribution in [-0.4, -0.2) is 20.9 Å². The number of nitrogens with one attached hydrogen (secondary N) is 2. The molecule has 0 spiro atoms. The van der Waals surface area contributed by atoms with E-state index < -0.39 is 0 Å². The summed E-state index contributed by atoms with van der Waals surface area (Å²) in [4.78, 5) is 11.8. The first-order valence-electron chi connectivity index (χ1n) is 6.87. The Morgan fingerprint density at radius 2 is 2.05 bits per heavy atom. The summed E-state index contributed by atoms with van der Waals surface area (Å²) in [7, 11) is 0. The quantitative estimate of drug-likeness (QED) is 0.789. The van der Waals surface area contributed by atoms with Gasteiger partial charge in [-0.3, -0.25) is 4.68 Å². The van der Waals surface area contributed by atoms with Gasteiger partial charge in [0.05, 0.1) is 18.5 Å². The van der Waals surface area contributed by atoms with E-state index >= 15 is 0 Å². The molecule has 1 aromatic heterocycles. The summed E-state index contributed by atoms with van der Waals surface area (Å²) < 4.78 is 1.77. The fourth-order valence-electron chi connectivity index (χ4n) is 1.92. The zero-order valence-corrected chi connectivity index (χ0v) is 12.2. The van der Waals surface area contributed by atoms with Crippen LogP contribution >= 0.6 is 0 Å². The lowest BCUT2D eigenvalue weighted by Crippen LogP contribution is -2.28. The predicted octanol–water partition coefficient (Wildman–Crippen LogP) is 2.28. The molecule has 0 unspecified atom stereocenters. The van der Waals surface area contributed by atoms with E-state index in [2.05, 4.69) is 15.7 Å². The molecule has 112 valence electrons. The van der Waals surface area contributed by atoms with Crippen molar-refractivity contribution in [2.24, 2.45) is 0 Å². The van der Waals surface area contributed by atoms with Gasteiger partial charge in [0.15, 0.2) is 0 Å². The smallest absolute Gasteiger partial charge is 0.319 e. The van der Waals surface area contributed by atoms with Gasteiger partial charge in [-0.2, -0.15) is 5.10 Å². The fourth-order valence-corrected chi connectivity index (χ4v) is 1.92. The number of rotatable bonds is 5. The Morgan fingerprint density at radius 3 is 2.67 bits per heavy atom. The van der Waals surface area contributed by atoms with E-state index in [1.807, 2.05) is 38.1 Å². The van der Waals surface area contributed by atoms with E-state index in [1.165, 1.54) is 0 Å². The molecule has 2 rings (SSSR count). The molecule has 0 atom stereocenters. The molecule has 0 saturated carbocycles. The molecule has 0 radical (unpaired) electrons. The average molecular weight is 288 g/mol. The Morgan fingerprint density at radius 1 is 1.33 bits per heavy atom. The van der Waals surface area contributed by atoms with Crippen LogP contribution in [0, 0.1) is 0 Å². The van der Waals surface area contributed by atoms with E-state index in [9.17, 15) is 9.90 Å². The minimum absolute atomic E-state index is 0.0410. The van der Waals surface area contributed by atoms with E-state index in [4.69, 9.17) is 0 Å². The summed E-state index contributed by atoms with van der Waals surface area (Å²) in [6, 6.07) is 7.39. The van der Waals surface area contributed by atoms with Crippen molar-refractivity contribution >= 4 is 11.7 Å². The molecule has 0 aliphatic carbocycles. The lowest BCUT2D eigenvalue weighted by molar-refractivity contribution is 0.251. The van der Waals surface area contributed by atoms with Crippen LogP contribution in [0.4, 0.5) is 10.5 Å². The number of hydrogen-bond acceptors (Lipinski definition) is 3. The van der Waals surface area contributed by atoms with Gasteiger partial charge in [-0.05, 0) is 25.0 Å². The molecule has 6 heteroatoms. The SMILES string of the molecule is CC(C)n1cc(NC(=O)NCc2ccccc2CO)cn1. The first kappa shape index (κ1) is 15.1. The average Bonchev–Trinajstić information content (AvgIpc) is 2.94. The first-order chi connectivity index (χ1) is 10.1. The summed E-state index contributed by atoms with van der Waals surface area (Å²) in [5.41, 5.74) is 2.36. The summed E-state index contributed by atoms with van der Waals surface area (Å²) >= 11 is 0. The van der Waals surface area contributed by atoms with Crippen LogP contribution in [0.15, 0.2) is 36.7 Å². The molecule has 2 amide bonds. The van der Waals surface area contributed by atoms with Crippen molar-refractivity contribution in [3.05, 3.63) is 47.8 Å². The molecule has 0 aliphatic heterocycles. The van der Waals surface area contributed by atoms with Crippen molar-refractivity contribution in [3.8, 4) is 0 Å². The fraction of sp³-hybridized carbons (Fsp3) is 0.333. The largest absolute Gasteiger partial charge is 0.392 e. The van der Waals surface area contributed by atoms with Gasteiger partial charge in [-0.25, -0.2) is 4.79 Å². The number of aliphatic hydroxyl groups is 1. The zero-order valence-electron chi connectivity index (χ0n) is 12.2. The minimum Gasteiger partial charge on any atom is -0.392 e. The Hall–Kier alpha value is -2.34. The number of anilines is 1. The van der Waals surface area contributed by atoms with Crippen molar-refractivity contribution in [2.75, 3.05) is 5.32 Å². The molecule has 0 saturated heterocycles. The molecule has 1 heterocycles. The van der Waals surface area contributed by atoms with Crippen LogP contribution in [0.2, 0.25) is 0 Å². The topological polar surface area (TPSA) is 79.2 Å². The Bertz CT molecular complexity index is 607. The van der Waals surface area contributed by atoms with Crippen molar-refractivity contribution in [1.29, 1.82) is 0 Å². The second kappa shape index (κ2) is 6.90. The molecule has 1 aromatic carbocycles. The maximum Gasteiger partial charge on any atom is 0.319 e. The standard InChI is InChI=1S/C15H20N4O2/c1-11(2)19-9-14(8-17-19)18-15(21)16-7-12-5-3-4-6-13(12)10-20/h3-6,8-9,11,20H,7,10H2,1-2H3,(H2,16,18,21). The van der Waals surface area contributed by atoms with E-state index in [0.29, 0.717) is 12.2 Å². The molecule has 0 bridgehead atoms. The molecule has 3 N–H and O–H groups in total. The highest BCUT2D eigenvalue weighted by Gasteiger charge is 2.07. The summed E-state index contributed by atoms with van der Waals surface area (Å²) in [5.74, 6) is 0. The lowest BCUT2D eigenvalue weighted by Gasteiger charge is -2.09. The lowest BCUT2D eigenvalue weighted by atomic mass is 10.1. The van der Waals surface area contributed by atoms with Crippen LogP contribution < -0.4 is 10.6 Å². The molecule has 0 aliphatic rings. The van der Waals surface area contributed by atoms with Crippen LogP contribution in [0.3, 0.4) is 0 Å². The maximum absolute atomic E-state index is 11.8. The molecule has 21 heavy (non-hydrogen) atoms. The highest BCUT2D eigenvalue weighted by Crippen LogP contribution is 2.10. The number of urea groups is 1. The zero-order chi connectivity index (χ0) is 15.2. The number of aromatic nitrogens is 2. The van der Waals surface area contributed by atoms with Crippen LogP contribution in [-0.2, 0) is 13.2 Å². The molecular weight excluding hydrogens is 268 g/mol. The number of amides is 2. The van der Waals surface area contributed by atoms with Crippen LogP contribution in [0.25, 0.3) is 0 Å². The van der Waals surface area contributed by atoms with E-state index in [-0.39, 0.29) is 18.7 Å². The minimum atomic E-state index is -0.300. The van der Waals surface area contributed by atoms with Gasteiger partial charge in [0.25, 0.3) is 0 Å². The Kier molecular flexibility index (Phi) is 4.94. The maximum atomic E-state index is 11.8. The predicted molar refractivity (Wildman–Crippen MR) is 80.8 cm³/mol. The second-order valence-corrected chi connectivity index (χ2v) is 5.04. The Balaban J connectivity index is 1.89. The van der Waals surface area contributed by atoms with Gasteiger partial charge in [0.2, 0.25) is 0 Å². The molecule has 0 fully saturated rings. The molecule has 6 nitrogen and oxygen atoms in total. The third-order valence-electron chi connectivity index (χ3n) is 3.12. The first-order valence-corrected chi connectivity index (χ1v) is 6.87. The second-order valence-electron chi connectivity index (χ2n) is 5.04. The molecular formula is C15H20N4O2. The van der Waals surface area contributed by atoms with Gasteiger partial charge < -0.3 is 15.7 Å². The van der Waals surface area contributed by atoms with Gasteiger partial charge in [-0.1, -0.05) is 24.3 Å². The van der Waals surface area contributed by atoms with Gasteiger partial charge >= 0.3 is 6.03 Å². The molecule has 2 aromatic rings. The van der Waals surface area contributed by atoms with Crippen molar-refractivity contribution in [1.82, 2.24) is 15.1 Å². The third kappa shape index (κ3) is 4.06. The summed E-state index contributed by atoms with van der Waals surface area (Å²) in [6.07, 6.45) is 3.40. The van der Waals surface area contributed by atoms with E-state index in [1.54, 1.807) is 17.1 Å². The number of carbonyl (C=O) groups excluding carboxylic acids is 1. The van der Waals surface area contributed by atoms with E-state index in [0.717, 1.165) is 11.1 Å². The highest BCUT2D eigenvalue weighted by atomic mass is 16.3. The van der Waals surface area contributed by atoms with Crippen LogP contribution in [0.5, 0.6) is 0 Å². The number of benzene rings is 1. The van der Waals surface area contributed by atoms with Gasteiger partial charge in [-0.15, -0.1) is 0 Å². The van der Waals surface area contributed by atoms with Crippen LogP contribution in [0.1, 0.15) is 31.0 Å². The number of aliphatic hydroxyl groups excluding tert-OH is 1. The number of hydrogen-bond donors (Lipinski definition) is 3. The highest BCUT2D eigenvalue weighted by molar-refractivity contribution is 5.88. The Labute approximate surface area is 123 Å². The summed E-state index contributed by atoms with van der Waals surface area (Å²) in [5, 5.41) is 18.9. The number of nitrogens with zero attached hydrogens (tertiary/aromatic N) is 2. The van der Waals surface area contributed by atoms with Crippen molar-refractivity contribution in [3.63, 3.8) is 0 Å². The summed E-state index contributed by atoms with van der Waals surface area (Å²) in [6.45, 7) is 4.35.